The first kappa shape index (κ1) is 16.2. The average Bonchev–Trinajstić information content (AvgIpc) is 2.77. The second kappa shape index (κ2) is 7.17. The summed E-state index contributed by atoms with van der Waals surface area (Å²) in [5.41, 5.74) is 0.768. The molecule has 1 fully saturated rings. The number of imide groups is 1. The number of rotatable bonds is 6. The van der Waals surface area contributed by atoms with Gasteiger partial charge < -0.3 is 9.47 Å². The highest BCUT2D eigenvalue weighted by atomic mass is 32.2. The van der Waals surface area contributed by atoms with Crippen molar-refractivity contribution in [2.24, 2.45) is 0 Å². The maximum atomic E-state index is 12.1. The van der Waals surface area contributed by atoms with E-state index in [0.717, 1.165) is 22.2 Å². The van der Waals surface area contributed by atoms with E-state index in [1.54, 1.807) is 25.3 Å². The predicted molar refractivity (Wildman–Crippen MR) is 87.0 cm³/mol. The highest BCUT2D eigenvalue weighted by Crippen LogP contribution is 2.34. The topological polar surface area (TPSA) is 55.8 Å². The van der Waals surface area contributed by atoms with Crippen molar-refractivity contribution in [2.45, 2.75) is 6.92 Å². The zero-order valence-electron chi connectivity index (χ0n) is 12.5. The summed E-state index contributed by atoms with van der Waals surface area (Å²) >= 11 is 0.923. The molecule has 22 heavy (non-hydrogen) atoms. The van der Waals surface area contributed by atoms with Crippen LogP contribution in [0.15, 0.2) is 35.8 Å². The summed E-state index contributed by atoms with van der Waals surface area (Å²) in [6.45, 7) is 6.19. The smallest absolute Gasteiger partial charge is 0.293 e. The fourth-order valence-electron chi connectivity index (χ4n) is 1.99. The molecule has 0 atom stereocenters. The van der Waals surface area contributed by atoms with E-state index in [1.807, 2.05) is 13.0 Å². The summed E-state index contributed by atoms with van der Waals surface area (Å²) in [7, 11) is 1.56. The van der Waals surface area contributed by atoms with Crippen molar-refractivity contribution in [3.63, 3.8) is 0 Å². The van der Waals surface area contributed by atoms with Crippen LogP contribution in [0.2, 0.25) is 0 Å². The second-order valence-electron chi connectivity index (χ2n) is 4.42. The zero-order valence-corrected chi connectivity index (χ0v) is 13.3. The number of hydrogen-bond acceptors (Lipinski definition) is 5. The van der Waals surface area contributed by atoms with Gasteiger partial charge in [-0.25, -0.2) is 0 Å². The van der Waals surface area contributed by atoms with Crippen LogP contribution in [0.3, 0.4) is 0 Å². The Kier molecular flexibility index (Phi) is 5.27. The monoisotopic (exact) mass is 319 g/mol. The third-order valence-electron chi connectivity index (χ3n) is 2.97. The molecule has 5 nitrogen and oxygen atoms in total. The van der Waals surface area contributed by atoms with E-state index in [2.05, 4.69) is 6.58 Å². The Morgan fingerprint density at radius 3 is 2.73 bits per heavy atom. The zero-order chi connectivity index (χ0) is 16.1. The molecular formula is C16H17NO4S. The summed E-state index contributed by atoms with van der Waals surface area (Å²) in [6, 6.07) is 5.36. The molecule has 0 aliphatic carbocycles. The minimum atomic E-state index is -0.303. The molecule has 116 valence electrons. The summed E-state index contributed by atoms with van der Waals surface area (Å²) in [4.78, 5) is 25.5. The van der Waals surface area contributed by atoms with Gasteiger partial charge in [-0.2, -0.15) is 0 Å². The van der Waals surface area contributed by atoms with Crippen LogP contribution in [0.5, 0.6) is 11.5 Å². The first-order chi connectivity index (χ1) is 10.6. The molecule has 1 aromatic carbocycles. The molecule has 6 heteroatoms. The van der Waals surface area contributed by atoms with Crippen molar-refractivity contribution in [1.82, 2.24) is 4.90 Å². The van der Waals surface area contributed by atoms with Crippen LogP contribution >= 0.6 is 11.8 Å². The molecule has 0 radical (unpaired) electrons. The quantitative estimate of drug-likeness (QED) is 0.595. The van der Waals surface area contributed by atoms with E-state index < -0.39 is 0 Å². The Morgan fingerprint density at radius 1 is 1.32 bits per heavy atom. The van der Waals surface area contributed by atoms with Crippen molar-refractivity contribution in [1.29, 1.82) is 0 Å². The summed E-state index contributed by atoms with van der Waals surface area (Å²) in [5, 5.41) is -0.283. The lowest BCUT2D eigenvalue weighted by Crippen LogP contribution is -2.27. The molecule has 2 amide bonds. The molecule has 1 heterocycles. The predicted octanol–water partition coefficient (Wildman–Crippen LogP) is 3.32. The Bertz CT molecular complexity index is 639. The van der Waals surface area contributed by atoms with E-state index in [-0.39, 0.29) is 17.7 Å². The number of thioether (sulfide) groups is 1. The van der Waals surface area contributed by atoms with Crippen LogP contribution in [0.4, 0.5) is 4.79 Å². The van der Waals surface area contributed by atoms with Gasteiger partial charge in [-0.3, -0.25) is 14.5 Å². The standard InChI is InChI=1S/C16H17NO4S/c1-4-8-17-15(18)14(22-16(17)19)10-11-6-7-12(21-5-2)13(9-11)20-3/h4,6-7,9-10H,1,5,8H2,2-3H3. The summed E-state index contributed by atoms with van der Waals surface area (Å²) in [6.07, 6.45) is 3.20. The fourth-order valence-corrected chi connectivity index (χ4v) is 2.83. The number of methoxy groups -OCH3 is 1. The highest BCUT2D eigenvalue weighted by Gasteiger charge is 2.34. The van der Waals surface area contributed by atoms with Gasteiger partial charge in [0.1, 0.15) is 0 Å². The lowest BCUT2D eigenvalue weighted by atomic mass is 10.2. The normalized spacial score (nSPS) is 16.3. The molecular weight excluding hydrogens is 302 g/mol. The number of ether oxygens (including phenoxy) is 2. The lowest BCUT2D eigenvalue weighted by molar-refractivity contribution is -0.122. The second-order valence-corrected chi connectivity index (χ2v) is 5.42. The van der Waals surface area contributed by atoms with Crippen LogP contribution in [-0.4, -0.2) is 36.3 Å². The SMILES string of the molecule is C=CCN1C(=O)SC(=Cc2ccc(OCC)c(OC)c2)C1=O. The largest absolute Gasteiger partial charge is 0.493 e. The number of benzene rings is 1. The maximum absolute atomic E-state index is 12.1. The Morgan fingerprint density at radius 2 is 2.09 bits per heavy atom. The van der Waals surface area contributed by atoms with Gasteiger partial charge >= 0.3 is 0 Å². The number of nitrogens with zero attached hydrogens (tertiary/aromatic N) is 1. The molecule has 1 aliphatic rings. The molecule has 0 saturated carbocycles. The number of carbonyl (C=O) groups is 2. The van der Waals surface area contributed by atoms with Crippen LogP contribution in [0.1, 0.15) is 12.5 Å². The molecule has 0 bridgehead atoms. The Labute approximate surface area is 133 Å². The van der Waals surface area contributed by atoms with Gasteiger partial charge in [0, 0.05) is 6.54 Å². The molecule has 1 aromatic rings. The molecule has 0 unspecified atom stereocenters. The van der Waals surface area contributed by atoms with E-state index >= 15 is 0 Å². The van der Waals surface area contributed by atoms with Gasteiger partial charge in [-0.15, -0.1) is 6.58 Å². The highest BCUT2D eigenvalue weighted by molar-refractivity contribution is 8.18. The van der Waals surface area contributed by atoms with Crippen molar-refractivity contribution in [3.8, 4) is 11.5 Å². The van der Waals surface area contributed by atoms with Crippen molar-refractivity contribution < 1.29 is 19.1 Å². The van der Waals surface area contributed by atoms with Gasteiger partial charge in [0.05, 0.1) is 18.6 Å². The molecule has 2 rings (SSSR count). The van der Waals surface area contributed by atoms with Crippen LogP contribution in [-0.2, 0) is 4.79 Å². The van der Waals surface area contributed by atoms with E-state index in [9.17, 15) is 9.59 Å². The van der Waals surface area contributed by atoms with Crippen molar-refractivity contribution in [3.05, 3.63) is 41.3 Å². The van der Waals surface area contributed by atoms with Gasteiger partial charge in [0.15, 0.2) is 11.5 Å². The number of hydrogen-bond donors (Lipinski definition) is 0. The lowest BCUT2D eigenvalue weighted by Gasteiger charge is -2.10. The maximum Gasteiger partial charge on any atom is 0.293 e. The van der Waals surface area contributed by atoms with Gasteiger partial charge in [-0.1, -0.05) is 12.1 Å². The third kappa shape index (κ3) is 3.33. The van der Waals surface area contributed by atoms with Gasteiger partial charge in [0.2, 0.25) is 0 Å². The number of carbonyl (C=O) groups excluding carboxylic acids is 2. The summed E-state index contributed by atoms with van der Waals surface area (Å²) < 4.78 is 10.7. The van der Waals surface area contributed by atoms with Crippen LogP contribution < -0.4 is 9.47 Å². The molecule has 0 N–H and O–H groups in total. The Balaban J connectivity index is 2.28. The van der Waals surface area contributed by atoms with Crippen LogP contribution in [0.25, 0.3) is 6.08 Å². The first-order valence-electron chi connectivity index (χ1n) is 6.77. The molecule has 1 saturated heterocycles. The van der Waals surface area contributed by atoms with Crippen LogP contribution in [0, 0.1) is 0 Å². The van der Waals surface area contributed by atoms with E-state index in [1.165, 1.54) is 6.08 Å². The molecule has 0 aromatic heterocycles. The van der Waals surface area contributed by atoms with Crippen molar-refractivity contribution >= 4 is 29.0 Å². The minimum absolute atomic E-state index is 0.217. The van der Waals surface area contributed by atoms with Gasteiger partial charge in [-0.05, 0) is 42.5 Å². The third-order valence-corrected chi connectivity index (χ3v) is 3.88. The van der Waals surface area contributed by atoms with E-state index in [0.29, 0.717) is 23.0 Å². The molecule has 1 aliphatic heterocycles. The first-order valence-corrected chi connectivity index (χ1v) is 7.59. The average molecular weight is 319 g/mol. The Hall–Kier alpha value is -2.21. The summed E-state index contributed by atoms with van der Waals surface area (Å²) in [5.74, 6) is 0.922. The van der Waals surface area contributed by atoms with E-state index in [4.69, 9.17) is 9.47 Å². The fraction of sp³-hybridized carbons (Fsp3) is 0.250. The number of amides is 2. The molecule has 0 spiro atoms. The van der Waals surface area contributed by atoms with Gasteiger partial charge in [0.25, 0.3) is 11.1 Å². The minimum Gasteiger partial charge on any atom is -0.493 e. The van der Waals surface area contributed by atoms with Crippen molar-refractivity contribution in [2.75, 3.05) is 20.3 Å².